The van der Waals surface area contributed by atoms with E-state index in [0.29, 0.717) is 18.0 Å². The number of rotatable bonds is 6. The van der Waals surface area contributed by atoms with Crippen molar-refractivity contribution in [1.82, 2.24) is 0 Å². The molecule has 0 saturated heterocycles. The van der Waals surface area contributed by atoms with E-state index >= 15 is 0 Å². The highest BCUT2D eigenvalue weighted by molar-refractivity contribution is 5.94. The lowest BCUT2D eigenvalue weighted by molar-refractivity contribution is -0.116. The normalized spacial score (nSPS) is 18.8. The van der Waals surface area contributed by atoms with Crippen LogP contribution < -0.4 is 16.4 Å². The molecule has 2 aliphatic carbocycles. The molecule has 1 fully saturated rings. The molecular formula is C23H28FN3O. The number of nitrogens with one attached hydrogen (secondary N) is 2. The van der Waals surface area contributed by atoms with Crippen LogP contribution in [0.25, 0.3) is 0 Å². The highest BCUT2D eigenvalue weighted by atomic mass is 19.1. The average Bonchev–Trinajstić information content (AvgIpc) is 3.33. The molecule has 4 nitrogen and oxygen atoms in total. The molecule has 1 saturated carbocycles. The Morgan fingerprint density at radius 2 is 1.86 bits per heavy atom. The van der Waals surface area contributed by atoms with E-state index in [4.69, 9.17) is 5.73 Å². The van der Waals surface area contributed by atoms with E-state index in [2.05, 4.69) is 10.6 Å². The van der Waals surface area contributed by atoms with E-state index in [0.717, 1.165) is 36.2 Å². The number of halogens is 1. The maximum atomic E-state index is 13.1. The van der Waals surface area contributed by atoms with Crippen molar-refractivity contribution in [1.29, 1.82) is 0 Å². The number of benzene rings is 2. The standard InChI is InChI=1S/C23H28FN3O/c24-17-7-9-18(10-8-17)26-21-11-6-16-13-22(20(25)14-19(16)21)27-23(28)12-5-15-3-1-2-4-15/h7-10,13-15,21,26H,1-6,11-12,25H2,(H,27,28). The topological polar surface area (TPSA) is 67.1 Å². The largest absolute Gasteiger partial charge is 0.397 e. The summed E-state index contributed by atoms with van der Waals surface area (Å²) >= 11 is 0. The van der Waals surface area contributed by atoms with Gasteiger partial charge in [-0.05, 0) is 72.7 Å². The Morgan fingerprint density at radius 1 is 1.11 bits per heavy atom. The number of aryl methyl sites for hydroxylation is 1. The average molecular weight is 381 g/mol. The van der Waals surface area contributed by atoms with Gasteiger partial charge in [0.25, 0.3) is 0 Å². The molecule has 0 aliphatic heterocycles. The zero-order chi connectivity index (χ0) is 19.5. The summed E-state index contributed by atoms with van der Waals surface area (Å²) < 4.78 is 13.1. The smallest absolute Gasteiger partial charge is 0.224 e. The van der Waals surface area contributed by atoms with Crippen LogP contribution in [0.4, 0.5) is 21.5 Å². The van der Waals surface area contributed by atoms with Gasteiger partial charge in [-0.15, -0.1) is 0 Å². The minimum atomic E-state index is -0.241. The molecule has 0 aromatic heterocycles. The molecule has 148 valence electrons. The van der Waals surface area contributed by atoms with Crippen molar-refractivity contribution < 1.29 is 9.18 Å². The van der Waals surface area contributed by atoms with Gasteiger partial charge in [0.05, 0.1) is 17.4 Å². The summed E-state index contributed by atoms with van der Waals surface area (Å²) in [4.78, 5) is 12.3. The van der Waals surface area contributed by atoms with Gasteiger partial charge in [0, 0.05) is 12.1 Å². The predicted octanol–water partition coefficient (Wildman–Crippen LogP) is 5.42. The SMILES string of the molecule is Nc1cc2c(cc1NC(=O)CCC1CCCC1)CCC2Nc1ccc(F)cc1. The summed E-state index contributed by atoms with van der Waals surface area (Å²) in [6.45, 7) is 0. The Balaban J connectivity index is 1.40. The van der Waals surface area contributed by atoms with Crippen molar-refractivity contribution in [2.75, 3.05) is 16.4 Å². The summed E-state index contributed by atoms with van der Waals surface area (Å²) in [6, 6.07) is 10.5. The first-order valence-corrected chi connectivity index (χ1v) is 10.3. The minimum absolute atomic E-state index is 0.0533. The second kappa shape index (κ2) is 8.21. The number of amides is 1. The molecule has 1 atom stereocenters. The summed E-state index contributed by atoms with van der Waals surface area (Å²) in [5.41, 5.74) is 10.8. The third-order valence-electron chi connectivity index (χ3n) is 6.10. The minimum Gasteiger partial charge on any atom is -0.397 e. The Labute approximate surface area is 165 Å². The van der Waals surface area contributed by atoms with E-state index in [-0.39, 0.29) is 17.8 Å². The van der Waals surface area contributed by atoms with Crippen molar-refractivity contribution in [2.45, 2.75) is 57.4 Å². The highest BCUT2D eigenvalue weighted by Gasteiger charge is 2.24. The fourth-order valence-electron chi connectivity index (χ4n) is 4.53. The lowest BCUT2D eigenvalue weighted by Crippen LogP contribution is -2.14. The van der Waals surface area contributed by atoms with Crippen molar-refractivity contribution in [3.63, 3.8) is 0 Å². The quantitative estimate of drug-likeness (QED) is 0.586. The number of nitrogens with two attached hydrogens (primary N) is 1. The van der Waals surface area contributed by atoms with Crippen LogP contribution in [0, 0.1) is 11.7 Å². The van der Waals surface area contributed by atoms with Crippen LogP contribution in [0.5, 0.6) is 0 Å². The summed E-state index contributed by atoms with van der Waals surface area (Å²) in [7, 11) is 0. The first-order chi connectivity index (χ1) is 13.6. The maximum absolute atomic E-state index is 13.1. The van der Waals surface area contributed by atoms with Crippen LogP contribution in [0.1, 0.15) is 62.1 Å². The number of hydrogen-bond donors (Lipinski definition) is 3. The maximum Gasteiger partial charge on any atom is 0.224 e. The lowest BCUT2D eigenvalue weighted by atomic mass is 10.0. The van der Waals surface area contributed by atoms with E-state index < -0.39 is 0 Å². The summed E-state index contributed by atoms with van der Waals surface area (Å²) in [5.74, 6) is 0.522. The Morgan fingerprint density at radius 3 is 2.61 bits per heavy atom. The molecule has 28 heavy (non-hydrogen) atoms. The van der Waals surface area contributed by atoms with Crippen LogP contribution >= 0.6 is 0 Å². The van der Waals surface area contributed by atoms with Crippen molar-refractivity contribution >= 4 is 23.0 Å². The van der Waals surface area contributed by atoms with Gasteiger partial charge in [-0.2, -0.15) is 0 Å². The highest BCUT2D eigenvalue weighted by Crippen LogP contribution is 2.38. The molecule has 1 amide bonds. The third kappa shape index (κ3) is 4.29. The van der Waals surface area contributed by atoms with Gasteiger partial charge in [0.1, 0.15) is 5.82 Å². The zero-order valence-corrected chi connectivity index (χ0v) is 16.1. The van der Waals surface area contributed by atoms with E-state index in [1.807, 2.05) is 12.1 Å². The number of anilines is 3. The first kappa shape index (κ1) is 18.8. The second-order valence-electron chi connectivity index (χ2n) is 8.12. The molecule has 1 unspecified atom stereocenters. The molecule has 0 heterocycles. The number of fused-ring (bicyclic) bond motifs is 1. The zero-order valence-electron chi connectivity index (χ0n) is 16.1. The van der Waals surface area contributed by atoms with Gasteiger partial charge in [-0.1, -0.05) is 25.7 Å². The summed E-state index contributed by atoms with van der Waals surface area (Å²) in [5, 5.41) is 6.46. The molecule has 4 rings (SSSR count). The van der Waals surface area contributed by atoms with Gasteiger partial charge in [-0.25, -0.2) is 4.39 Å². The lowest BCUT2D eigenvalue weighted by Gasteiger charge is -2.17. The van der Waals surface area contributed by atoms with Crippen LogP contribution in [-0.4, -0.2) is 5.91 Å². The number of carbonyl (C=O) groups excluding carboxylic acids is 1. The second-order valence-corrected chi connectivity index (χ2v) is 8.12. The van der Waals surface area contributed by atoms with Crippen molar-refractivity contribution in [2.24, 2.45) is 5.92 Å². The van der Waals surface area contributed by atoms with E-state index in [9.17, 15) is 9.18 Å². The number of carbonyl (C=O) groups is 1. The van der Waals surface area contributed by atoms with Gasteiger partial charge in [-0.3, -0.25) is 4.79 Å². The van der Waals surface area contributed by atoms with Crippen LogP contribution in [0.3, 0.4) is 0 Å². The Kier molecular flexibility index (Phi) is 5.51. The molecule has 0 bridgehead atoms. The van der Waals surface area contributed by atoms with Gasteiger partial charge < -0.3 is 16.4 Å². The predicted molar refractivity (Wildman–Crippen MR) is 112 cm³/mol. The van der Waals surface area contributed by atoms with Crippen LogP contribution in [0.2, 0.25) is 0 Å². The molecular weight excluding hydrogens is 353 g/mol. The fourth-order valence-corrected chi connectivity index (χ4v) is 4.53. The van der Waals surface area contributed by atoms with Gasteiger partial charge in [0.2, 0.25) is 5.91 Å². The van der Waals surface area contributed by atoms with Crippen molar-refractivity contribution in [3.8, 4) is 0 Å². The summed E-state index contributed by atoms with van der Waals surface area (Å²) in [6.07, 6.45) is 8.54. The van der Waals surface area contributed by atoms with Gasteiger partial charge >= 0.3 is 0 Å². The first-order valence-electron chi connectivity index (χ1n) is 10.3. The Hall–Kier alpha value is -2.56. The van der Waals surface area contributed by atoms with Gasteiger partial charge in [0.15, 0.2) is 0 Å². The molecule has 0 radical (unpaired) electrons. The molecule has 0 spiro atoms. The molecule has 5 heteroatoms. The fraction of sp³-hybridized carbons (Fsp3) is 0.435. The van der Waals surface area contributed by atoms with Crippen LogP contribution in [-0.2, 0) is 11.2 Å². The van der Waals surface area contributed by atoms with Crippen molar-refractivity contribution in [3.05, 3.63) is 53.3 Å². The molecule has 4 N–H and O–H groups in total. The van der Waals surface area contributed by atoms with E-state index in [1.165, 1.54) is 43.4 Å². The third-order valence-corrected chi connectivity index (χ3v) is 6.10. The van der Waals surface area contributed by atoms with E-state index in [1.54, 1.807) is 12.1 Å². The Bertz CT molecular complexity index is 844. The molecule has 2 aliphatic rings. The monoisotopic (exact) mass is 381 g/mol. The number of nitrogen functional groups attached to an aromatic ring is 1. The van der Waals surface area contributed by atoms with Crippen LogP contribution in [0.15, 0.2) is 36.4 Å². The molecule has 2 aromatic carbocycles. The number of hydrogen-bond acceptors (Lipinski definition) is 3. The molecule has 2 aromatic rings.